The fourth-order valence-corrected chi connectivity index (χ4v) is 2.71. The number of aryl methyl sites for hydroxylation is 1. The van der Waals surface area contributed by atoms with Crippen molar-refractivity contribution in [2.24, 2.45) is 0 Å². The molecule has 0 radical (unpaired) electrons. The molecule has 0 bridgehead atoms. The molecule has 0 amide bonds. The standard InChI is InChI=1S/C15H12ClN7/c1-8-2-3-23(22-8)15-14(18-7-12(17)20-15)9-4-10-6-19-21-13(10)11(16)5-9/h2-7H,1H3,(H2,17,20)(H,19,21). The van der Waals surface area contributed by atoms with Gasteiger partial charge < -0.3 is 5.73 Å². The first kappa shape index (κ1) is 13.7. The number of anilines is 1. The van der Waals surface area contributed by atoms with Gasteiger partial charge in [-0.05, 0) is 25.1 Å². The molecule has 0 saturated carbocycles. The normalized spacial score (nSPS) is 11.2. The van der Waals surface area contributed by atoms with Crippen LogP contribution in [-0.4, -0.2) is 29.9 Å². The van der Waals surface area contributed by atoms with Crippen molar-refractivity contribution >= 4 is 28.3 Å². The number of aromatic nitrogens is 6. The highest BCUT2D eigenvalue weighted by molar-refractivity contribution is 6.35. The van der Waals surface area contributed by atoms with Gasteiger partial charge in [0.25, 0.3) is 0 Å². The number of nitrogens with one attached hydrogen (secondary N) is 1. The molecule has 0 unspecified atom stereocenters. The zero-order valence-corrected chi connectivity index (χ0v) is 12.9. The van der Waals surface area contributed by atoms with Gasteiger partial charge in [0.1, 0.15) is 11.5 Å². The molecular formula is C15H12ClN7. The van der Waals surface area contributed by atoms with Crippen LogP contribution in [-0.2, 0) is 0 Å². The number of aromatic amines is 1. The van der Waals surface area contributed by atoms with Gasteiger partial charge in [0, 0.05) is 17.1 Å². The number of benzene rings is 1. The van der Waals surface area contributed by atoms with Crippen molar-refractivity contribution in [1.29, 1.82) is 0 Å². The van der Waals surface area contributed by atoms with E-state index in [1.165, 1.54) is 6.20 Å². The predicted octanol–water partition coefficient (Wildman–Crippen LogP) is 2.75. The van der Waals surface area contributed by atoms with Crippen molar-refractivity contribution in [2.45, 2.75) is 6.92 Å². The average Bonchev–Trinajstić information content (AvgIpc) is 3.16. The maximum absolute atomic E-state index is 6.32. The molecule has 0 saturated heterocycles. The van der Waals surface area contributed by atoms with E-state index < -0.39 is 0 Å². The first-order valence-corrected chi connectivity index (χ1v) is 7.28. The van der Waals surface area contributed by atoms with Crippen molar-refractivity contribution in [3.05, 3.63) is 47.5 Å². The van der Waals surface area contributed by atoms with E-state index in [1.54, 1.807) is 10.9 Å². The van der Waals surface area contributed by atoms with Crippen molar-refractivity contribution in [1.82, 2.24) is 29.9 Å². The predicted molar refractivity (Wildman–Crippen MR) is 88.4 cm³/mol. The molecule has 3 aromatic heterocycles. The van der Waals surface area contributed by atoms with E-state index >= 15 is 0 Å². The van der Waals surface area contributed by atoms with E-state index in [1.807, 2.05) is 31.3 Å². The number of hydrogen-bond donors (Lipinski definition) is 2. The molecule has 0 spiro atoms. The molecular weight excluding hydrogens is 314 g/mol. The highest BCUT2D eigenvalue weighted by atomic mass is 35.5. The Morgan fingerprint density at radius 3 is 2.91 bits per heavy atom. The Hall–Kier alpha value is -2.93. The average molecular weight is 326 g/mol. The summed E-state index contributed by atoms with van der Waals surface area (Å²) in [4.78, 5) is 8.81. The first-order chi connectivity index (χ1) is 11.1. The van der Waals surface area contributed by atoms with Gasteiger partial charge in [-0.15, -0.1) is 0 Å². The fourth-order valence-electron chi connectivity index (χ4n) is 2.44. The molecule has 0 aliphatic rings. The monoisotopic (exact) mass is 325 g/mol. The van der Waals surface area contributed by atoms with Gasteiger partial charge in [-0.2, -0.15) is 10.2 Å². The largest absolute Gasteiger partial charge is 0.382 e. The summed E-state index contributed by atoms with van der Waals surface area (Å²) in [6, 6.07) is 5.66. The number of halogens is 1. The van der Waals surface area contributed by atoms with Crippen molar-refractivity contribution in [2.75, 3.05) is 5.73 Å². The Bertz CT molecular complexity index is 1020. The molecule has 0 aliphatic heterocycles. The minimum Gasteiger partial charge on any atom is -0.382 e. The molecule has 0 fully saturated rings. The summed E-state index contributed by atoms with van der Waals surface area (Å²) >= 11 is 6.32. The summed E-state index contributed by atoms with van der Waals surface area (Å²) < 4.78 is 1.65. The van der Waals surface area contributed by atoms with Gasteiger partial charge in [-0.25, -0.2) is 14.6 Å². The lowest BCUT2D eigenvalue weighted by Crippen LogP contribution is -2.06. The minimum atomic E-state index is 0.326. The zero-order chi connectivity index (χ0) is 16.0. The molecule has 3 N–H and O–H groups in total. The number of hydrogen-bond acceptors (Lipinski definition) is 5. The van der Waals surface area contributed by atoms with Gasteiger partial charge >= 0.3 is 0 Å². The van der Waals surface area contributed by atoms with Crippen molar-refractivity contribution in [3.63, 3.8) is 0 Å². The van der Waals surface area contributed by atoms with E-state index in [9.17, 15) is 0 Å². The van der Waals surface area contributed by atoms with Crippen LogP contribution in [0.3, 0.4) is 0 Å². The Morgan fingerprint density at radius 2 is 2.13 bits per heavy atom. The van der Waals surface area contributed by atoms with E-state index in [2.05, 4.69) is 25.3 Å². The van der Waals surface area contributed by atoms with Crippen molar-refractivity contribution in [3.8, 4) is 17.1 Å². The zero-order valence-electron chi connectivity index (χ0n) is 12.2. The van der Waals surface area contributed by atoms with E-state index in [0.717, 1.165) is 22.2 Å². The number of nitrogens with zero attached hydrogens (tertiary/aromatic N) is 5. The number of nitrogen functional groups attached to an aromatic ring is 1. The van der Waals surface area contributed by atoms with Crippen LogP contribution in [0.1, 0.15) is 5.69 Å². The summed E-state index contributed by atoms with van der Waals surface area (Å²) in [7, 11) is 0. The van der Waals surface area contributed by atoms with Crippen LogP contribution >= 0.6 is 11.6 Å². The minimum absolute atomic E-state index is 0.326. The number of nitrogens with two attached hydrogens (primary N) is 1. The number of fused-ring (bicyclic) bond motifs is 1. The highest BCUT2D eigenvalue weighted by Crippen LogP contribution is 2.31. The Labute approximate surface area is 136 Å². The third-order valence-corrected chi connectivity index (χ3v) is 3.78. The van der Waals surface area contributed by atoms with E-state index in [4.69, 9.17) is 17.3 Å². The third kappa shape index (κ3) is 2.31. The fraction of sp³-hybridized carbons (Fsp3) is 0.0667. The number of rotatable bonds is 2. The molecule has 23 heavy (non-hydrogen) atoms. The SMILES string of the molecule is Cc1ccn(-c2nc(N)cnc2-c2cc(Cl)c3[nH]ncc3c2)n1. The molecule has 4 rings (SSSR count). The molecule has 1 aromatic carbocycles. The van der Waals surface area contributed by atoms with Gasteiger partial charge in [0.2, 0.25) is 0 Å². The summed E-state index contributed by atoms with van der Waals surface area (Å²) in [6.07, 6.45) is 5.05. The molecule has 0 atom stereocenters. The summed E-state index contributed by atoms with van der Waals surface area (Å²) in [5.41, 5.74) is 8.93. The lowest BCUT2D eigenvalue weighted by molar-refractivity contribution is 0.829. The topological polar surface area (TPSA) is 98.3 Å². The van der Waals surface area contributed by atoms with Crippen LogP contribution in [0, 0.1) is 6.92 Å². The Kier molecular flexibility index (Phi) is 3.02. The lowest BCUT2D eigenvalue weighted by atomic mass is 10.1. The molecule has 114 valence electrons. The van der Waals surface area contributed by atoms with Gasteiger partial charge in [-0.3, -0.25) is 5.10 Å². The maximum atomic E-state index is 6.32. The van der Waals surface area contributed by atoms with Crippen LogP contribution in [0.4, 0.5) is 5.82 Å². The molecule has 0 aliphatic carbocycles. The smallest absolute Gasteiger partial charge is 0.182 e. The molecule has 8 heteroatoms. The van der Waals surface area contributed by atoms with Gasteiger partial charge in [-0.1, -0.05) is 11.6 Å². The summed E-state index contributed by atoms with van der Waals surface area (Å²) in [5, 5.41) is 12.7. The Morgan fingerprint density at radius 1 is 1.26 bits per heavy atom. The van der Waals surface area contributed by atoms with Gasteiger partial charge in [0.15, 0.2) is 5.82 Å². The second-order valence-electron chi connectivity index (χ2n) is 5.16. The molecule has 4 aromatic rings. The van der Waals surface area contributed by atoms with E-state index in [0.29, 0.717) is 22.4 Å². The van der Waals surface area contributed by atoms with Crippen LogP contribution < -0.4 is 5.73 Å². The van der Waals surface area contributed by atoms with Crippen LogP contribution in [0.5, 0.6) is 0 Å². The van der Waals surface area contributed by atoms with Crippen LogP contribution in [0.25, 0.3) is 28.0 Å². The van der Waals surface area contributed by atoms with Crippen LogP contribution in [0.2, 0.25) is 5.02 Å². The second-order valence-corrected chi connectivity index (χ2v) is 5.57. The summed E-state index contributed by atoms with van der Waals surface area (Å²) in [5.74, 6) is 0.879. The highest BCUT2D eigenvalue weighted by Gasteiger charge is 2.14. The summed E-state index contributed by atoms with van der Waals surface area (Å²) in [6.45, 7) is 1.91. The van der Waals surface area contributed by atoms with Crippen molar-refractivity contribution < 1.29 is 0 Å². The third-order valence-electron chi connectivity index (χ3n) is 3.49. The number of H-pyrrole nitrogens is 1. The molecule has 3 heterocycles. The molecule has 7 nitrogen and oxygen atoms in total. The van der Waals surface area contributed by atoms with Gasteiger partial charge in [0.05, 0.1) is 28.6 Å². The van der Waals surface area contributed by atoms with E-state index in [-0.39, 0.29) is 0 Å². The Balaban J connectivity index is 1.97. The first-order valence-electron chi connectivity index (χ1n) is 6.90. The second kappa shape index (κ2) is 5.06. The lowest BCUT2D eigenvalue weighted by Gasteiger charge is -2.09. The maximum Gasteiger partial charge on any atom is 0.182 e. The van der Waals surface area contributed by atoms with Crippen LogP contribution in [0.15, 0.2) is 36.8 Å². The quantitative estimate of drug-likeness (QED) is 0.590.